The first-order valence-electron chi connectivity index (χ1n) is 9.43. The molecule has 0 radical (unpaired) electrons. The number of ether oxygens (including phenoxy) is 1. The minimum atomic E-state index is -0.864. The number of aromatic amines is 1. The highest BCUT2D eigenvalue weighted by molar-refractivity contribution is 5.87. The second-order valence-corrected chi connectivity index (χ2v) is 7.45. The van der Waals surface area contributed by atoms with Gasteiger partial charge in [-0.2, -0.15) is 0 Å². The van der Waals surface area contributed by atoms with E-state index in [-0.39, 0.29) is 12.0 Å². The third kappa shape index (κ3) is 2.71. The van der Waals surface area contributed by atoms with Crippen molar-refractivity contribution in [1.82, 2.24) is 9.88 Å². The molecule has 2 aliphatic rings. The van der Waals surface area contributed by atoms with E-state index < -0.39 is 5.97 Å². The maximum Gasteiger partial charge on any atom is 0.334 e. The molecule has 1 aromatic heterocycles. The molecule has 1 fully saturated rings. The zero-order valence-electron chi connectivity index (χ0n) is 15.4. The van der Waals surface area contributed by atoms with E-state index in [4.69, 9.17) is 4.74 Å². The Labute approximate surface area is 153 Å². The number of nitrogens with zero attached hydrogens (tertiary/aromatic N) is 1. The van der Waals surface area contributed by atoms with Gasteiger partial charge in [0.25, 0.3) is 0 Å². The summed E-state index contributed by atoms with van der Waals surface area (Å²) in [4.78, 5) is 18.0. The van der Waals surface area contributed by atoms with E-state index in [1.54, 1.807) is 0 Å². The molecule has 3 heterocycles. The monoisotopic (exact) mass is 354 g/mol. The van der Waals surface area contributed by atoms with Gasteiger partial charge in [-0.25, -0.2) is 4.79 Å². The SMILES string of the molecule is CC[C@@H]1CN2CCc3c([nH]c4ccccc34)[C@@H]2C[C@@H]1/C(=C\OC)C(=O)O. The summed E-state index contributed by atoms with van der Waals surface area (Å²) in [5.74, 6) is -0.512. The molecule has 0 amide bonds. The first-order valence-corrected chi connectivity index (χ1v) is 9.43. The van der Waals surface area contributed by atoms with Crippen LogP contribution >= 0.6 is 0 Å². The Morgan fingerprint density at radius 2 is 2.23 bits per heavy atom. The maximum absolute atomic E-state index is 11.8. The largest absolute Gasteiger partial charge is 0.504 e. The van der Waals surface area contributed by atoms with Crippen LogP contribution in [0, 0.1) is 11.8 Å². The van der Waals surface area contributed by atoms with Crippen molar-refractivity contribution in [2.45, 2.75) is 32.2 Å². The molecule has 2 aliphatic heterocycles. The zero-order chi connectivity index (χ0) is 18.3. The minimum absolute atomic E-state index is 0.0102. The van der Waals surface area contributed by atoms with Gasteiger partial charge in [0.1, 0.15) is 0 Å². The van der Waals surface area contributed by atoms with E-state index in [0.717, 1.165) is 32.4 Å². The molecule has 4 rings (SSSR count). The highest BCUT2D eigenvalue weighted by Crippen LogP contribution is 2.45. The van der Waals surface area contributed by atoms with Crippen LogP contribution in [0.5, 0.6) is 0 Å². The molecule has 1 aromatic carbocycles. The molecule has 0 unspecified atom stereocenters. The van der Waals surface area contributed by atoms with Crippen LogP contribution in [-0.4, -0.2) is 41.2 Å². The first kappa shape index (κ1) is 17.2. The molecule has 138 valence electrons. The third-order valence-electron chi connectivity index (χ3n) is 6.20. The smallest absolute Gasteiger partial charge is 0.334 e. The molecule has 1 saturated heterocycles. The number of methoxy groups -OCH3 is 1. The molecule has 3 atom stereocenters. The number of aliphatic carboxylic acids is 1. The number of carboxylic acid groups (broad SMARTS) is 1. The number of carboxylic acids is 1. The topological polar surface area (TPSA) is 65.6 Å². The van der Waals surface area contributed by atoms with Crippen molar-refractivity contribution in [3.8, 4) is 0 Å². The Balaban J connectivity index is 1.74. The molecule has 5 nitrogen and oxygen atoms in total. The predicted octanol–water partition coefficient (Wildman–Crippen LogP) is 3.73. The maximum atomic E-state index is 11.8. The lowest BCUT2D eigenvalue weighted by atomic mass is 9.74. The number of hydrogen-bond donors (Lipinski definition) is 2. The van der Waals surface area contributed by atoms with Crippen LogP contribution in [0.1, 0.15) is 37.1 Å². The molecule has 5 heteroatoms. The lowest BCUT2D eigenvalue weighted by Gasteiger charge is -2.46. The molecule has 26 heavy (non-hydrogen) atoms. The van der Waals surface area contributed by atoms with Crippen LogP contribution < -0.4 is 0 Å². The van der Waals surface area contributed by atoms with Gasteiger partial charge in [0.2, 0.25) is 0 Å². The van der Waals surface area contributed by atoms with Gasteiger partial charge in [-0.3, -0.25) is 4.90 Å². The Hall–Kier alpha value is -2.27. The summed E-state index contributed by atoms with van der Waals surface area (Å²) in [7, 11) is 1.52. The number of fused-ring (bicyclic) bond motifs is 5. The molecule has 2 N–H and O–H groups in total. The summed E-state index contributed by atoms with van der Waals surface area (Å²) in [6.07, 6.45) is 4.28. The van der Waals surface area contributed by atoms with Crippen LogP contribution in [-0.2, 0) is 16.0 Å². The Bertz CT molecular complexity index is 854. The number of para-hydroxylation sites is 1. The van der Waals surface area contributed by atoms with Gasteiger partial charge >= 0.3 is 5.97 Å². The van der Waals surface area contributed by atoms with Crippen LogP contribution in [0.15, 0.2) is 36.1 Å². The zero-order valence-corrected chi connectivity index (χ0v) is 15.4. The summed E-state index contributed by atoms with van der Waals surface area (Å²) >= 11 is 0. The van der Waals surface area contributed by atoms with Crippen molar-refractivity contribution in [3.63, 3.8) is 0 Å². The van der Waals surface area contributed by atoms with Crippen molar-refractivity contribution in [2.24, 2.45) is 11.8 Å². The summed E-state index contributed by atoms with van der Waals surface area (Å²) in [6.45, 7) is 4.14. The number of hydrogen-bond acceptors (Lipinski definition) is 3. The molecule has 0 bridgehead atoms. The molecule has 0 spiro atoms. The third-order valence-corrected chi connectivity index (χ3v) is 6.20. The molecule has 2 aromatic rings. The summed E-state index contributed by atoms with van der Waals surface area (Å²) < 4.78 is 5.10. The normalized spacial score (nSPS) is 26.4. The fraction of sp³-hybridized carbons (Fsp3) is 0.476. The lowest BCUT2D eigenvalue weighted by molar-refractivity contribution is -0.134. The van der Waals surface area contributed by atoms with Crippen LogP contribution in [0.2, 0.25) is 0 Å². The molecule has 0 aliphatic carbocycles. The summed E-state index contributed by atoms with van der Waals surface area (Å²) in [5, 5.41) is 11.0. The Morgan fingerprint density at radius 3 is 2.96 bits per heavy atom. The van der Waals surface area contributed by atoms with E-state index in [9.17, 15) is 9.90 Å². The second kappa shape index (κ2) is 6.80. The van der Waals surface area contributed by atoms with Gasteiger partial charge in [-0.1, -0.05) is 31.5 Å². The Kier molecular flexibility index (Phi) is 4.49. The van der Waals surface area contributed by atoms with Gasteiger partial charge in [-0.05, 0) is 36.3 Å². The molecular weight excluding hydrogens is 328 g/mol. The van der Waals surface area contributed by atoms with Crippen LogP contribution in [0.25, 0.3) is 10.9 Å². The summed E-state index contributed by atoms with van der Waals surface area (Å²) in [5.41, 5.74) is 4.27. The van der Waals surface area contributed by atoms with E-state index in [2.05, 4.69) is 41.1 Å². The number of aromatic nitrogens is 1. The second-order valence-electron chi connectivity index (χ2n) is 7.45. The van der Waals surface area contributed by atoms with Gasteiger partial charge < -0.3 is 14.8 Å². The highest BCUT2D eigenvalue weighted by atomic mass is 16.5. The van der Waals surface area contributed by atoms with Gasteiger partial charge in [-0.15, -0.1) is 0 Å². The fourth-order valence-electron chi connectivity index (χ4n) is 4.93. The number of carbonyl (C=O) groups is 1. The van der Waals surface area contributed by atoms with Crippen molar-refractivity contribution in [2.75, 3.05) is 20.2 Å². The van der Waals surface area contributed by atoms with Crippen molar-refractivity contribution in [1.29, 1.82) is 0 Å². The Morgan fingerprint density at radius 1 is 1.42 bits per heavy atom. The van der Waals surface area contributed by atoms with Crippen LogP contribution in [0.4, 0.5) is 0 Å². The predicted molar refractivity (Wildman–Crippen MR) is 101 cm³/mol. The number of rotatable bonds is 4. The number of nitrogens with one attached hydrogen (secondary N) is 1. The van der Waals surface area contributed by atoms with E-state index in [1.807, 2.05) is 0 Å². The van der Waals surface area contributed by atoms with Crippen molar-refractivity contribution >= 4 is 16.9 Å². The fourth-order valence-corrected chi connectivity index (χ4v) is 4.93. The quantitative estimate of drug-likeness (QED) is 0.649. The average molecular weight is 354 g/mol. The van der Waals surface area contributed by atoms with E-state index >= 15 is 0 Å². The van der Waals surface area contributed by atoms with Gasteiger partial charge in [0.15, 0.2) is 0 Å². The molecular formula is C21H26N2O3. The standard InChI is InChI=1S/C21H26N2O3/c1-3-13-11-23-9-8-15-14-6-4-5-7-18(14)22-20(15)19(23)10-16(13)17(12-26-2)21(24)25/h4-7,12-13,16,19,22H,3,8-11H2,1-2H3,(H,24,25)/b17-12+/t13-,16+,19+/m1/s1. The minimum Gasteiger partial charge on any atom is -0.504 e. The lowest BCUT2D eigenvalue weighted by Crippen LogP contribution is -2.46. The summed E-state index contributed by atoms with van der Waals surface area (Å²) in [6, 6.07) is 8.70. The van der Waals surface area contributed by atoms with Crippen LogP contribution in [0.3, 0.4) is 0 Å². The number of benzene rings is 1. The highest BCUT2D eigenvalue weighted by Gasteiger charge is 2.42. The van der Waals surface area contributed by atoms with Crippen molar-refractivity contribution < 1.29 is 14.6 Å². The number of H-pyrrole nitrogens is 1. The van der Waals surface area contributed by atoms with Gasteiger partial charge in [0, 0.05) is 29.7 Å². The first-order chi connectivity index (χ1) is 12.6. The van der Waals surface area contributed by atoms with Crippen molar-refractivity contribution in [3.05, 3.63) is 47.4 Å². The molecule has 0 saturated carbocycles. The van der Waals surface area contributed by atoms with E-state index in [1.165, 1.54) is 35.5 Å². The van der Waals surface area contributed by atoms with Gasteiger partial charge in [0.05, 0.1) is 25.0 Å². The van der Waals surface area contributed by atoms with E-state index in [0.29, 0.717) is 11.5 Å². The average Bonchev–Trinajstić information content (AvgIpc) is 3.04. The number of piperidine rings is 1.